The fourth-order valence-electron chi connectivity index (χ4n) is 4.20. The number of hydrogen-bond acceptors (Lipinski definition) is 8. The smallest absolute Gasteiger partial charge is 0.239 e. The molecule has 0 saturated carbocycles. The zero-order valence-electron chi connectivity index (χ0n) is 20.4. The van der Waals surface area contributed by atoms with Crippen LogP contribution in [0.5, 0.6) is 5.75 Å². The van der Waals surface area contributed by atoms with Crippen molar-refractivity contribution in [1.82, 2.24) is 15.3 Å². The Morgan fingerprint density at radius 2 is 1.97 bits per heavy atom. The van der Waals surface area contributed by atoms with Crippen LogP contribution in [-0.2, 0) is 6.61 Å². The van der Waals surface area contributed by atoms with Crippen molar-refractivity contribution < 1.29 is 13.5 Å². The van der Waals surface area contributed by atoms with Gasteiger partial charge in [0.05, 0.1) is 26.9 Å². The van der Waals surface area contributed by atoms with Crippen molar-refractivity contribution in [3.8, 4) is 11.8 Å². The van der Waals surface area contributed by atoms with E-state index in [-0.39, 0.29) is 30.8 Å². The van der Waals surface area contributed by atoms with E-state index in [1.165, 1.54) is 18.6 Å². The summed E-state index contributed by atoms with van der Waals surface area (Å²) in [5, 5.41) is 22.4. The first kappa shape index (κ1) is 27.5. The van der Waals surface area contributed by atoms with Gasteiger partial charge >= 0.3 is 0 Å². The molecule has 3 aromatic rings. The molecule has 1 aromatic carbocycles. The molecule has 8 nitrogen and oxygen atoms in total. The average molecular weight is 560 g/mol. The van der Waals surface area contributed by atoms with Crippen molar-refractivity contribution in [1.29, 1.82) is 10.7 Å². The van der Waals surface area contributed by atoms with Gasteiger partial charge in [-0.2, -0.15) is 5.26 Å². The Hall–Kier alpha value is -3.52. The number of benzene rings is 1. The molecule has 0 spiro atoms. The second-order valence-corrected chi connectivity index (χ2v) is 10.0. The maximum Gasteiger partial charge on any atom is 0.239 e. The maximum atomic E-state index is 12.4. The highest BCUT2D eigenvalue weighted by molar-refractivity contribution is 6.35. The second-order valence-electron chi connectivity index (χ2n) is 9.22. The van der Waals surface area contributed by atoms with Gasteiger partial charge in [-0.05, 0) is 31.2 Å². The van der Waals surface area contributed by atoms with E-state index in [4.69, 9.17) is 39.1 Å². The fraction of sp³-hybridized carbons (Fsp3) is 0.308. The van der Waals surface area contributed by atoms with Crippen LogP contribution in [0.25, 0.3) is 0 Å². The molecule has 2 aromatic heterocycles. The molecular weight excluding hydrogens is 535 g/mol. The van der Waals surface area contributed by atoms with E-state index in [9.17, 15) is 14.0 Å². The van der Waals surface area contributed by atoms with Crippen molar-refractivity contribution in [3.63, 3.8) is 0 Å². The number of nitrogens with zero attached hydrogens (tertiary/aromatic N) is 4. The van der Waals surface area contributed by atoms with E-state index < -0.39 is 6.43 Å². The molecule has 1 aliphatic heterocycles. The Labute approximate surface area is 228 Å². The molecular formula is C26H25Cl2F2N7O. The maximum absolute atomic E-state index is 12.4. The van der Waals surface area contributed by atoms with Crippen molar-refractivity contribution in [2.45, 2.75) is 31.9 Å². The molecule has 0 aliphatic carbocycles. The predicted molar refractivity (Wildman–Crippen MR) is 144 cm³/mol. The van der Waals surface area contributed by atoms with Crippen LogP contribution in [0.1, 0.15) is 35.6 Å². The van der Waals surface area contributed by atoms with Crippen LogP contribution in [0, 0.1) is 16.7 Å². The molecule has 0 bridgehead atoms. The summed E-state index contributed by atoms with van der Waals surface area (Å²) in [6.07, 6.45) is 1.90. The molecule has 3 heterocycles. The number of alkyl halides is 2. The lowest BCUT2D eigenvalue weighted by molar-refractivity contribution is 0.131. The summed E-state index contributed by atoms with van der Waals surface area (Å²) in [6.45, 7) is 3.29. The Bertz CT molecular complexity index is 1370. The minimum atomic E-state index is -2.35. The lowest BCUT2D eigenvalue weighted by Crippen LogP contribution is -2.68. The number of hydrogen-bond donors (Lipinski definition) is 3. The Balaban J connectivity index is 1.47. The molecule has 0 unspecified atom stereocenters. The summed E-state index contributed by atoms with van der Waals surface area (Å²) in [5.41, 5.74) is 7.96. The highest BCUT2D eigenvalue weighted by atomic mass is 35.5. The van der Waals surface area contributed by atoms with Crippen LogP contribution >= 0.6 is 23.2 Å². The minimum absolute atomic E-state index is 0.0746. The second kappa shape index (κ2) is 11.5. The quantitative estimate of drug-likeness (QED) is 0.234. The number of pyridine rings is 2. The third-order valence-electron chi connectivity index (χ3n) is 6.20. The normalized spacial score (nSPS) is 14.2. The Kier molecular flexibility index (Phi) is 8.31. The number of nitrogen functional groups attached to an aromatic ring is 1. The van der Waals surface area contributed by atoms with Gasteiger partial charge in [0.15, 0.2) is 0 Å². The standard InChI is InChI=1S/C26H25Cl2F2N7O/c1-26(36-5-4-23(29)30)13-37(14-26)25-15(8-31)6-16(9-35-25)24(33)18-7-17(2-3-22(18)32)38-12-19-20(27)10-34-11-21(19)28/h2-3,6-7,9-11,23,33,36H,4-5,12-14,32H2,1H3. The monoisotopic (exact) mass is 559 g/mol. The molecule has 1 aliphatic rings. The number of nitriles is 1. The first-order valence-corrected chi connectivity index (χ1v) is 12.4. The Morgan fingerprint density at radius 3 is 2.63 bits per heavy atom. The number of aromatic nitrogens is 2. The van der Waals surface area contributed by atoms with Crippen LogP contribution in [0.15, 0.2) is 42.9 Å². The van der Waals surface area contributed by atoms with Gasteiger partial charge in [0.25, 0.3) is 0 Å². The lowest BCUT2D eigenvalue weighted by Gasteiger charge is -2.49. The molecule has 12 heteroatoms. The SMILES string of the molecule is CC1(NCCC(F)F)CN(c2ncc(C(=N)c3cc(OCc4c(Cl)cncc4Cl)ccc3N)cc2C#N)C1. The van der Waals surface area contributed by atoms with Gasteiger partial charge in [0, 0.05) is 67.0 Å². The molecule has 0 amide bonds. The molecule has 0 atom stereocenters. The first-order valence-electron chi connectivity index (χ1n) is 11.7. The van der Waals surface area contributed by atoms with E-state index in [2.05, 4.69) is 21.4 Å². The van der Waals surface area contributed by atoms with E-state index in [0.29, 0.717) is 62.6 Å². The minimum Gasteiger partial charge on any atom is -0.489 e. The van der Waals surface area contributed by atoms with Gasteiger partial charge in [0.1, 0.15) is 24.2 Å². The molecule has 38 heavy (non-hydrogen) atoms. The van der Waals surface area contributed by atoms with Crippen molar-refractivity contribution in [2.24, 2.45) is 0 Å². The number of ether oxygens (including phenoxy) is 1. The number of rotatable bonds is 10. The summed E-state index contributed by atoms with van der Waals surface area (Å²) >= 11 is 12.3. The van der Waals surface area contributed by atoms with Crippen molar-refractivity contribution in [3.05, 3.63) is 75.2 Å². The summed E-state index contributed by atoms with van der Waals surface area (Å²) in [4.78, 5) is 10.3. The van der Waals surface area contributed by atoms with E-state index in [1.807, 2.05) is 11.8 Å². The largest absolute Gasteiger partial charge is 0.489 e. The summed E-state index contributed by atoms with van der Waals surface area (Å²) in [7, 11) is 0. The summed E-state index contributed by atoms with van der Waals surface area (Å²) in [6, 6.07) is 8.67. The van der Waals surface area contributed by atoms with Gasteiger partial charge in [-0.3, -0.25) is 10.4 Å². The van der Waals surface area contributed by atoms with Crippen LogP contribution < -0.4 is 20.7 Å². The summed E-state index contributed by atoms with van der Waals surface area (Å²) < 4.78 is 30.7. The van der Waals surface area contributed by atoms with Gasteiger partial charge in [-0.15, -0.1) is 0 Å². The zero-order chi connectivity index (χ0) is 27.4. The van der Waals surface area contributed by atoms with E-state index in [1.54, 1.807) is 24.3 Å². The van der Waals surface area contributed by atoms with Crippen molar-refractivity contribution >= 4 is 40.4 Å². The number of nitrogens with one attached hydrogen (secondary N) is 2. The number of nitrogens with two attached hydrogens (primary N) is 1. The van der Waals surface area contributed by atoms with Gasteiger partial charge < -0.3 is 20.7 Å². The van der Waals surface area contributed by atoms with E-state index >= 15 is 0 Å². The number of anilines is 2. The fourth-order valence-corrected chi connectivity index (χ4v) is 4.67. The van der Waals surface area contributed by atoms with Crippen LogP contribution in [-0.4, -0.2) is 47.3 Å². The molecule has 4 N–H and O–H groups in total. The number of halogens is 4. The van der Waals surface area contributed by atoms with E-state index in [0.717, 1.165) is 0 Å². The lowest BCUT2D eigenvalue weighted by atomic mass is 9.91. The van der Waals surface area contributed by atoms with Crippen LogP contribution in [0.3, 0.4) is 0 Å². The topological polar surface area (TPSA) is 124 Å². The third-order valence-corrected chi connectivity index (χ3v) is 6.85. The zero-order valence-corrected chi connectivity index (χ0v) is 22.0. The molecule has 1 saturated heterocycles. The van der Waals surface area contributed by atoms with Gasteiger partial charge in [-0.25, -0.2) is 13.8 Å². The summed E-state index contributed by atoms with van der Waals surface area (Å²) in [5.74, 6) is 0.931. The van der Waals surface area contributed by atoms with Crippen LogP contribution in [0.4, 0.5) is 20.3 Å². The third kappa shape index (κ3) is 6.13. The van der Waals surface area contributed by atoms with Gasteiger partial charge in [-0.1, -0.05) is 23.2 Å². The predicted octanol–water partition coefficient (Wildman–Crippen LogP) is 5.06. The van der Waals surface area contributed by atoms with Crippen LogP contribution in [0.2, 0.25) is 10.0 Å². The highest BCUT2D eigenvalue weighted by Crippen LogP contribution is 2.31. The van der Waals surface area contributed by atoms with Crippen molar-refractivity contribution in [2.75, 3.05) is 30.3 Å². The molecule has 1 fully saturated rings. The molecule has 198 valence electrons. The molecule has 0 radical (unpaired) electrons. The first-order chi connectivity index (χ1) is 18.1. The highest BCUT2D eigenvalue weighted by Gasteiger charge is 2.40. The Morgan fingerprint density at radius 1 is 1.26 bits per heavy atom. The average Bonchev–Trinajstić information content (AvgIpc) is 2.86. The molecule has 4 rings (SSSR count). The van der Waals surface area contributed by atoms with Gasteiger partial charge in [0.2, 0.25) is 6.43 Å².